The second-order valence-corrected chi connectivity index (χ2v) is 6.62. The van der Waals surface area contributed by atoms with Crippen LogP contribution in [0.2, 0.25) is 0 Å². The molecule has 1 aliphatic carbocycles. The van der Waals surface area contributed by atoms with Crippen molar-refractivity contribution < 1.29 is 9.84 Å². The number of pyridine rings is 1. The Morgan fingerprint density at radius 1 is 1.17 bits per heavy atom. The van der Waals surface area contributed by atoms with E-state index in [0.717, 1.165) is 25.1 Å². The number of hydrogen-bond donors (Lipinski definition) is 1. The minimum Gasteiger partial charge on any atom is -0.491 e. The third-order valence-corrected chi connectivity index (χ3v) is 4.57. The Hall–Kier alpha value is -1.91. The quantitative estimate of drug-likeness (QED) is 0.809. The molecule has 0 spiro atoms. The summed E-state index contributed by atoms with van der Waals surface area (Å²) in [6.07, 6.45) is 7.67. The number of hydrogen-bond acceptors (Lipinski definition) is 4. The zero-order valence-corrected chi connectivity index (χ0v) is 14.3. The van der Waals surface area contributed by atoms with Crippen LogP contribution >= 0.6 is 0 Å². The summed E-state index contributed by atoms with van der Waals surface area (Å²) in [5, 5.41) is 10.2. The number of ether oxygens (including phenoxy) is 1. The second-order valence-electron chi connectivity index (χ2n) is 6.62. The topological polar surface area (TPSA) is 45.6 Å². The summed E-state index contributed by atoms with van der Waals surface area (Å²) in [6, 6.07) is 10.4. The van der Waals surface area contributed by atoms with Crippen LogP contribution in [0.3, 0.4) is 0 Å². The predicted molar refractivity (Wildman–Crippen MR) is 95.4 cm³/mol. The van der Waals surface area contributed by atoms with E-state index >= 15 is 0 Å². The molecule has 1 aromatic heterocycles. The molecule has 0 saturated heterocycles. The van der Waals surface area contributed by atoms with Crippen LogP contribution in [0.15, 0.2) is 42.7 Å². The van der Waals surface area contributed by atoms with Gasteiger partial charge in [0.2, 0.25) is 0 Å². The van der Waals surface area contributed by atoms with Gasteiger partial charge in [-0.25, -0.2) is 0 Å². The van der Waals surface area contributed by atoms with Crippen molar-refractivity contribution in [2.24, 2.45) is 0 Å². The fourth-order valence-electron chi connectivity index (χ4n) is 3.20. The van der Waals surface area contributed by atoms with Crippen LogP contribution in [-0.2, 0) is 19.3 Å². The summed E-state index contributed by atoms with van der Waals surface area (Å²) < 4.78 is 5.77. The lowest BCUT2D eigenvalue weighted by Gasteiger charge is -2.21. The molecule has 0 radical (unpaired) electrons. The van der Waals surface area contributed by atoms with E-state index in [1.807, 2.05) is 37.6 Å². The van der Waals surface area contributed by atoms with Gasteiger partial charge in [0.25, 0.3) is 0 Å². The van der Waals surface area contributed by atoms with E-state index in [0.29, 0.717) is 13.2 Å². The van der Waals surface area contributed by atoms with Crippen molar-refractivity contribution >= 4 is 0 Å². The predicted octanol–water partition coefficient (Wildman–Crippen LogP) is 2.48. The molecule has 3 rings (SSSR count). The van der Waals surface area contributed by atoms with Gasteiger partial charge in [-0.15, -0.1) is 0 Å². The average Bonchev–Trinajstić information content (AvgIpc) is 3.07. The van der Waals surface area contributed by atoms with Crippen LogP contribution in [0.1, 0.15) is 23.1 Å². The summed E-state index contributed by atoms with van der Waals surface area (Å²) >= 11 is 0. The third-order valence-electron chi connectivity index (χ3n) is 4.57. The molecule has 1 heterocycles. The molecular formula is C20H26N2O2. The molecule has 2 aromatic rings. The van der Waals surface area contributed by atoms with Crippen molar-refractivity contribution in [3.63, 3.8) is 0 Å². The highest BCUT2D eigenvalue weighted by Crippen LogP contribution is 2.26. The van der Waals surface area contributed by atoms with Crippen molar-refractivity contribution in [3.05, 3.63) is 59.4 Å². The molecule has 1 atom stereocenters. The highest BCUT2D eigenvalue weighted by atomic mass is 16.5. The van der Waals surface area contributed by atoms with Gasteiger partial charge in [0.15, 0.2) is 0 Å². The number of aliphatic hydroxyl groups excluding tert-OH is 1. The molecular weight excluding hydrogens is 300 g/mol. The van der Waals surface area contributed by atoms with Gasteiger partial charge in [-0.2, -0.15) is 0 Å². The summed E-state index contributed by atoms with van der Waals surface area (Å²) in [6.45, 7) is 1.84. The van der Waals surface area contributed by atoms with E-state index in [1.54, 1.807) is 0 Å². The van der Waals surface area contributed by atoms with Crippen LogP contribution < -0.4 is 4.74 Å². The van der Waals surface area contributed by atoms with Crippen molar-refractivity contribution in [1.29, 1.82) is 0 Å². The van der Waals surface area contributed by atoms with Gasteiger partial charge in [-0.1, -0.05) is 6.07 Å². The standard InChI is InChI=1S/C20H26N2O2/c1-22(12-9-16-7-10-21-11-8-16)14-19(23)15-24-20-6-5-17-3-2-4-18(17)13-20/h5-8,10-11,13,19,23H,2-4,9,12,14-15H2,1H3. The van der Waals surface area contributed by atoms with Crippen LogP contribution in [0.25, 0.3) is 0 Å². The summed E-state index contributed by atoms with van der Waals surface area (Å²) in [5.74, 6) is 0.870. The molecule has 0 fully saturated rings. The van der Waals surface area contributed by atoms with Crippen molar-refractivity contribution in [2.45, 2.75) is 31.8 Å². The fourth-order valence-corrected chi connectivity index (χ4v) is 3.20. The maximum absolute atomic E-state index is 10.2. The maximum atomic E-state index is 10.2. The van der Waals surface area contributed by atoms with Crippen LogP contribution in [0.4, 0.5) is 0 Å². The number of likely N-dealkylation sites (N-methyl/N-ethyl adjacent to an activating group) is 1. The van der Waals surface area contributed by atoms with Gasteiger partial charge in [0.05, 0.1) is 0 Å². The number of aliphatic hydroxyl groups is 1. The Bertz CT molecular complexity index is 645. The Labute approximate surface area is 144 Å². The smallest absolute Gasteiger partial charge is 0.119 e. The maximum Gasteiger partial charge on any atom is 0.119 e. The fraction of sp³-hybridized carbons (Fsp3) is 0.450. The molecule has 128 valence electrons. The molecule has 0 aliphatic heterocycles. The molecule has 1 aromatic carbocycles. The van der Waals surface area contributed by atoms with Gasteiger partial charge in [-0.3, -0.25) is 4.98 Å². The SMILES string of the molecule is CN(CCc1ccncc1)CC(O)COc1ccc2c(c1)CCC2. The number of rotatable bonds is 8. The zero-order chi connectivity index (χ0) is 16.8. The lowest BCUT2D eigenvalue weighted by Crippen LogP contribution is -2.34. The molecule has 24 heavy (non-hydrogen) atoms. The summed E-state index contributed by atoms with van der Waals surface area (Å²) in [7, 11) is 2.03. The lowest BCUT2D eigenvalue weighted by atomic mass is 10.1. The number of aromatic nitrogens is 1. The number of fused-ring (bicyclic) bond motifs is 1. The van der Waals surface area contributed by atoms with Gasteiger partial charge >= 0.3 is 0 Å². The van der Waals surface area contributed by atoms with E-state index in [-0.39, 0.29) is 0 Å². The molecule has 4 nitrogen and oxygen atoms in total. The largest absolute Gasteiger partial charge is 0.491 e. The van der Waals surface area contributed by atoms with Crippen LogP contribution in [0, 0.1) is 0 Å². The average molecular weight is 326 g/mol. The Balaban J connectivity index is 1.39. The van der Waals surface area contributed by atoms with Crippen LogP contribution in [0.5, 0.6) is 5.75 Å². The Morgan fingerprint density at radius 3 is 2.79 bits per heavy atom. The van der Waals surface area contributed by atoms with Gasteiger partial charge < -0.3 is 14.7 Å². The van der Waals surface area contributed by atoms with Gasteiger partial charge in [0, 0.05) is 25.5 Å². The minimum atomic E-state index is -0.485. The van der Waals surface area contributed by atoms with E-state index < -0.39 is 6.10 Å². The highest BCUT2D eigenvalue weighted by molar-refractivity contribution is 5.38. The number of nitrogens with zero attached hydrogens (tertiary/aromatic N) is 2. The van der Waals surface area contributed by atoms with Crippen LogP contribution in [-0.4, -0.2) is 47.8 Å². The van der Waals surface area contributed by atoms with E-state index in [1.165, 1.54) is 29.5 Å². The van der Waals surface area contributed by atoms with Crippen molar-refractivity contribution in [3.8, 4) is 5.75 Å². The van der Waals surface area contributed by atoms with E-state index in [2.05, 4.69) is 22.0 Å². The molecule has 4 heteroatoms. The third kappa shape index (κ3) is 4.79. The molecule has 0 bridgehead atoms. The first kappa shape index (κ1) is 16.9. The van der Waals surface area contributed by atoms with Gasteiger partial charge in [0.1, 0.15) is 18.5 Å². The Morgan fingerprint density at radius 2 is 1.96 bits per heavy atom. The monoisotopic (exact) mass is 326 g/mol. The first-order valence-electron chi connectivity index (χ1n) is 8.71. The van der Waals surface area contributed by atoms with E-state index in [9.17, 15) is 5.11 Å². The number of benzene rings is 1. The zero-order valence-electron chi connectivity index (χ0n) is 14.3. The summed E-state index contributed by atoms with van der Waals surface area (Å²) in [5.41, 5.74) is 4.11. The molecule has 1 N–H and O–H groups in total. The second kappa shape index (κ2) is 8.27. The molecule has 1 unspecified atom stereocenters. The highest BCUT2D eigenvalue weighted by Gasteiger charge is 2.13. The first-order chi connectivity index (χ1) is 11.7. The first-order valence-corrected chi connectivity index (χ1v) is 8.71. The van der Waals surface area contributed by atoms with Crippen molar-refractivity contribution in [2.75, 3.05) is 26.7 Å². The summed E-state index contributed by atoms with van der Waals surface area (Å²) in [4.78, 5) is 6.16. The molecule has 0 amide bonds. The molecule has 1 aliphatic rings. The molecule has 0 saturated carbocycles. The van der Waals surface area contributed by atoms with E-state index in [4.69, 9.17) is 4.74 Å². The minimum absolute atomic E-state index is 0.332. The number of aryl methyl sites for hydroxylation is 2. The van der Waals surface area contributed by atoms with Gasteiger partial charge in [-0.05, 0) is 73.7 Å². The van der Waals surface area contributed by atoms with Crippen molar-refractivity contribution in [1.82, 2.24) is 9.88 Å². The Kier molecular flexibility index (Phi) is 5.83. The lowest BCUT2D eigenvalue weighted by molar-refractivity contribution is 0.0766. The normalized spacial score (nSPS) is 14.6.